The number of halogens is 2. The van der Waals surface area contributed by atoms with Crippen molar-refractivity contribution >= 4 is 27.5 Å². The molecule has 0 heterocycles. The van der Waals surface area contributed by atoms with E-state index in [-0.39, 0.29) is 5.38 Å². The molecule has 0 saturated carbocycles. The summed E-state index contributed by atoms with van der Waals surface area (Å²) in [6, 6.07) is 3.88. The summed E-state index contributed by atoms with van der Waals surface area (Å²) in [6.07, 6.45) is 0. The van der Waals surface area contributed by atoms with Gasteiger partial charge in [-0.05, 0) is 33.8 Å². The van der Waals surface area contributed by atoms with Crippen molar-refractivity contribution in [3.8, 4) is 11.5 Å². The van der Waals surface area contributed by atoms with Crippen LogP contribution in [0.25, 0.3) is 0 Å². The molecular formula is C14H20BrClO2. The molecule has 2 nitrogen and oxygen atoms in total. The van der Waals surface area contributed by atoms with Gasteiger partial charge in [0.1, 0.15) is 16.0 Å². The van der Waals surface area contributed by atoms with Crippen LogP contribution in [0.3, 0.4) is 0 Å². The van der Waals surface area contributed by atoms with Crippen LogP contribution in [0.5, 0.6) is 11.5 Å². The standard InChI is InChI=1S/C14H20BrClO2/c1-8(2)9(3)13(16)10-6-7-11(17-4)12(15)14(10)18-5/h6-9,13H,1-5H3. The Morgan fingerprint density at radius 1 is 1.11 bits per heavy atom. The second-order valence-corrected chi connectivity index (χ2v) is 5.97. The molecule has 0 aliphatic rings. The number of methoxy groups -OCH3 is 2. The zero-order valence-electron chi connectivity index (χ0n) is 11.5. The molecule has 0 aromatic heterocycles. The van der Waals surface area contributed by atoms with Gasteiger partial charge in [-0.3, -0.25) is 0 Å². The Labute approximate surface area is 123 Å². The first kappa shape index (κ1) is 15.6. The van der Waals surface area contributed by atoms with E-state index in [9.17, 15) is 0 Å². The van der Waals surface area contributed by atoms with Gasteiger partial charge < -0.3 is 9.47 Å². The van der Waals surface area contributed by atoms with Crippen molar-refractivity contribution in [1.82, 2.24) is 0 Å². The lowest BCUT2D eigenvalue weighted by atomic mass is 9.90. The zero-order chi connectivity index (χ0) is 13.9. The Balaban J connectivity index is 3.20. The van der Waals surface area contributed by atoms with Crippen LogP contribution in [0.2, 0.25) is 0 Å². The van der Waals surface area contributed by atoms with E-state index in [2.05, 4.69) is 36.7 Å². The summed E-state index contributed by atoms with van der Waals surface area (Å²) in [4.78, 5) is 0. The molecule has 0 radical (unpaired) electrons. The first-order chi connectivity index (χ1) is 8.43. The topological polar surface area (TPSA) is 18.5 Å². The van der Waals surface area contributed by atoms with E-state index in [1.54, 1.807) is 14.2 Å². The highest BCUT2D eigenvalue weighted by molar-refractivity contribution is 9.10. The summed E-state index contributed by atoms with van der Waals surface area (Å²) >= 11 is 10.1. The average molecular weight is 336 g/mol. The summed E-state index contributed by atoms with van der Waals surface area (Å²) < 4.78 is 11.5. The molecule has 2 atom stereocenters. The summed E-state index contributed by atoms with van der Waals surface area (Å²) in [6.45, 7) is 6.50. The highest BCUT2D eigenvalue weighted by atomic mass is 79.9. The lowest BCUT2D eigenvalue weighted by molar-refractivity contribution is 0.369. The monoisotopic (exact) mass is 334 g/mol. The first-order valence-corrected chi connectivity index (χ1v) is 7.21. The van der Waals surface area contributed by atoms with E-state index in [4.69, 9.17) is 21.1 Å². The summed E-state index contributed by atoms with van der Waals surface area (Å²) in [7, 11) is 3.28. The molecule has 1 aromatic rings. The molecule has 0 aliphatic heterocycles. The van der Waals surface area contributed by atoms with Gasteiger partial charge in [-0.2, -0.15) is 0 Å². The molecule has 0 fully saturated rings. The van der Waals surface area contributed by atoms with Crippen molar-refractivity contribution in [2.75, 3.05) is 14.2 Å². The number of hydrogen-bond donors (Lipinski definition) is 0. The first-order valence-electron chi connectivity index (χ1n) is 5.98. The lowest BCUT2D eigenvalue weighted by Crippen LogP contribution is -2.12. The fraction of sp³-hybridized carbons (Fsp3) is 0.571. The smallest absolute Gasteiger partial charge is 0.141 e. The van der Waals surface area contributed by atoms with E-state index >= 15 is 0 Å². The molecule has 102 valence electrons. The second kappa shape index (κ2) is 6.67. The van der Waals surface area contributed by atoms with Crippen molar-refractivity contribution in [2.45, 2.75) is 26.1 Å². The zero-order valence-corrected chi connectivity index (χ0v) is 13.8. The molecule has 0 N–H and O–H groups in total. The molecule has 0 spiro atoms. The van der Waals surface area contributed by atoms with E-state index in [1.165, 1.54) is 0 Å². The SMILES string of the molecule is COc1ccc(C(Cl)C(C)C(C)C)c(OC)c1Br. The number of ether oxygens (including phenoxy) is 2. The lowest BCUT2D eigenvalue weighted by Gasteiger charge is -2.24. The third-order valence-electron chi connectivity index (χ3n) is 3.33. The van der Waals surface area contributed by atoms with Crippen molar-refractivity contribution in [3.63, 3.8) is 0 Å². The van der Waals surface area contributed by atoms with Gasteiger partial charge in [-0.1, -0.05) is 26.8 Å². The molecule has 4 heteroatoms. The normalized spacial score (nSPS) is 14.4. The van der Waals surface area contributed by atoms with Crippen LogP contribution in [0, 0.1) is 11.8 Å². The van der Waals surface area contributed by atoms with Crippen molar-refractivity contribution in [3.05, 3.63) is 22.2 Å². The molecule has 0 saturated heterocycles. The van der Waals surface area contributed by atoms with Crippen molar-refractivity contribution in [1.29, 1.82) is 0 Å². The minimum atomic E-state index is -0.0813. The summed E-state index contributed by atoms with van der Waals surface area (Å²) in [5.41, 5.74) is 0.994. The number of alkyl halides is 1. The maximum atomic E-state index is 6.56. The largest absolute Gasteiger partial charge is 0.495 e. The Kier molecular flexibility index (Phi) is 5.80. The van der Waals surface area contributed by atoms with Crippen LogP contribution in [0.4, 0.5) is 0 Å². The molecule has 1 rings (SSSR count). The maximum Gasteiger partial charge on any atom is 0.141 e. The van der Waals surface area contributed by atoms with Gasteiger partial charge in [0.25, 0.3) is 0 Å². The third kappa shape index (κ3) is 3.12. The maximum absolute atomic E-state index is 6.56. The van der Waals surface area contributed by atoms with Gasteiger partial charge in [-0.15, -0.1) is 11.6 Å². The second-order valence-electron chi connectivity index (χ2n) is 4.71. The number of rotatable bonds is 5. The van der Waals surface area contributed by atoms with Gasteiger partial charge in [-0.25, -0.2) is 0 Å². The molecule has 0 aliphatic carbocycles. The van der Waals surface area contributed by atoms with E-state index in [0.717, 1.165) is 21.5 Å². The van der Waals surface area contributed by atoms with Crippen LogP contribution in [-0.4, -0.2) is 14.2 Å². The Morgan fingerprint density at radius 2 is 1.72 bits per heavy atom. The van der Waals surface area contributed by atoms with Gasteiger partial charge in [0.2, 0.25) is 0 Å². The Hall–Kier alpha value is -0.410. The average Bonchev–Trinajstić information content (AvgIpc) is 2.36. The van der Waals surface area contributed by atoms with Crippen LogP contribution < -0.4 is 9.47 Å². The van der Waals surface area contributed by atoms with Crippen LogP contribution >= 0.6 is 27.5 Å². The van der Waals surface area contributed by atoms with E-state index < -0.39 is 0 Å². The fourth-order valence-corrected chi connectivity index (χ4v) is 2.90. The van der Waals surface area contributed by atoms with Crippen LogP contribution in [-0.2, 0) is 0 Å². The molecule has 1 aromatic carbocycles. The third-order valence-corrected chi connectivity index (χ3v) is 4.71. The van der Waals surface area contributed by atoms with Crippen LogP contribution in [0.1, 0.15) is 31.7 Å². The molecule has 2 unspecified atom stereocenters. The summed E-state index contributed by atoms with van der Waals surface area (Å²) in [5, 5.41) is -0.0813. The Morgan fingerprint density at radius 3 is 2.17 bits per heavy atom. The van der Waals surface area contributed by atoms with Gasteiger partial charge >= 0.3 is 0 Å². The quantitative estimate of drug-likeness (QED) is 0.702. The van der Waals surface area contributed by atoms with Gasteiger partial charge in [0, 0.05) is 5.56 Å². The van der Waals surface area contributed by atoms with Gasteiger partial charge in [0.05, 0.1) is 19.6 Å². The van der Waals surface area contributed by atoms with E-state index in [1.807, 2.05) is 12.1 Å². The Bertz CT molecular complexity index is 407. The van der Waals surface area contributed by atoms with Crippen molar-refractivity contribution in [2.24, 2.45) is 11.8 Å². The van der Waals surface area contributed by atoms with Gasteiger partial charge in [0.15, 0.2) is 0 Å². The molecular weight excluding hydrogens is 316 g/mol. The van der Waals surface area contributed by atoms with E-state index in [0.29, 0.717) is 11.8 Å². The highest BCUT2D eigenvalue weighted by Crippen LogP contribution is 2.44. The molecule has 0 bridgehead atoms. The number of hydrogen-bond acceptors (Lipinski definition) is 2. The minimum absolute atomic E-state index is 0.0813. The molecule has 18 heavy (non-hydrogen) atoms. The molecule has 0 amide bonds. The predicted octanol–water partition coefficient (Wildman–Crippen LogP) is 5.04. The predicted molar refractivity (Wildman–Crippen MR) is 79.8 cm³/mol. The van der Waals surface area contributed by atoms with Crippen molar-refractivity contribution < 1.29 is 9.47 Å². The number of benzene rings is 1. The minimum Gasteiger partial charge on any atom is -0.495 e. The highest BCUT2D eigenvalue weighted by Gasteiger charge is 2.25. The van der Waals surface area contributed by atoms with Crippen LogP contribution in [0.15, 0.2) is 16.6 Å². The fourth-order valence-electron chi connectivity index (χ4n) is 1.76. The summed E-state index contributed by atoms with van der Waals surface area (Å²) in [5.74, 6) is 2.37.